The smallest absolute Gasteiger partial charge is 0.293 e. The highest BCUT2D eigenvalue weighted by atomic mass is 79.9. The maximum Gasteiger partial charge on any atom is 0.293 e. The third-order valence-electron chi connectivity index (χ3n) is 10.4. The highest BCUT2D eigenvalue weighted by Crippen LogP contribution is 2.32. The molecule has 2 aliphatic rings. The van der Waals surface area contributed by atoms with Gasteiger partial charge in [0.2, 0.25) is 0 Å². The van der Waals surface area contributed by atoms with Crippen molar-refractivity contribution in [2.75, 3.05) is 0 Å². The van der Waals surface area contributed by atoms with Gasteiger partial charge in [-0.2, -0.15) is 0 Å². The zero-order valence-electron chi connectivity index (χ0n) is 34.2. The van der Waals surface area contributed by atoms with Crippen LogP contribution >= 0.6 is 15.9 Å². The Balaban J connectivity index is 0.000000144. The first-order chi connectivity index (χ1) is 30.8. The lowest BCUT2D eigenvalue weighted by Gasteiger charge is -2.09. The van der Waals surface area contributed by atoms with Gasteiger partial charge in [0, 0.05) is 53.9 Å². The third-order valence-corrected chi connectivity index (χ3v) is 10.9. The Morgan fingerprint density at radius 3 is 1.25 bits per heavy atom. The first kappa shape index (κ1) is 41.3. The van der Waals surface area contributed by atoms with Crippen LogP contribution in [0.3, 0.4) is 0 Å². The van der Waals surface area contributed by atoms with Gasteiger partial charge in [-0.3, -0.25) is 0 Å². The monoisotopic (exact) mass is 878 g/mol. The molecule has 0 atom stereocenters. The molecule has 4 heterocycles. The fourth-order valence-corrected chi connectivity index (χ4v) is 7.80. The summed E-state index contributed by atoms with van der Waals surface area (Å²) in [6.07, 6.45) is 1.05. The molecule has 10 nitrogen and oxygen atoms in total. The van der Waals surface area contributed by atoms with Gasteiger partial charge in [0.1, 0.15) is 22.8 Å². The van der Waals surface area contributed by atoms with E-state index in [4.69, 9.17) is 26.3 Å². The van der Waals surface area contributed by atoms with Crippen LogP contribution in [-0.4, -0.2) is 32.4 Å². The van der Waals surface area contributed by atoms with E-state index in [1.54, 1.807) is 0 Å². The van der Waals surface area contributed by atoms with Gasteiger partial charge < -0.3 is 28.9 Å². The molecule has 2 aromatic heterocycles. The highest BCUT2D eigenvalue weighted by Gasteiger charge is 2.21. The molecule has 11 heteroatoms. The Morgan fingerprint density at radius 1 is 0.460 bits per heavy atom. The summed E-state index contributed by atoms with van der Waals surface area (Å²) >= 11 is 3.38. The van der Waals surface area contributed by atoms with Gasteiger partial charge in [0.25, 0.3) is 23.3 Å². The molecular formula is C52H35BrN10. The van der Waals surface area contributed by atoms with Gasteiger partial charge >= 0.3 is 0 Å². The topological polar surface area (TPSA) is 87.6 Å². The Morgan fingerprint density at radius 2 is 0.825 bits per heavy atom. The lowest BCUT2D eigenvalue weighted by atomic mass is 10.0. The number of halogens is 1. The minimum Gasteiger partial charge on any atom is -0.370 e. The van der Waals surface area contributed by atoms with Crippen LogP contribution in [0.15, 0.2) is 193 Å². The molecule has 1 N–H and O–H groups in total. The van der Waals surface area contributed by atoms with Crippen LogP contribution in [0.2, 0.25) is 0 Å². The number of aromatic amines is 1. The van der Waals surface area contributed by atoms with E-state index in [1.165, 1.54) is 32.6 Å². The van der Waals surface area contributed by atoms with Gasteiger partial charge in [-0.15, -0.1) is 20.0 Å². The fourth-order valence-electron chi connectivity index (χ4n) is 7.54. The second kappa shape index (κ2) is 18.4. The zero-order chi connectivity index (χ0) is 43.9. The van der Waals surface area contributed by atoms with E-state index < -0.39 is 0 Å². The largest absolute Gasteiger partial charge is 0.370 e. The molecule has 0 fully saturated rings. The van der Waals surface area contributed by atoms with Gasteiger partial charge in [0.05, 0.1) is 23.9 Å². The summed E-state index contributed by atoms with van der Waals surface area (Å²) in [4.78, 5) is 33.9. The molecule has 0 saturated carbocycles. The maximum absolute atomic E-state index is 7.37. The Bertz CT molecular complexity index is 3350. The predicted octanol–water partition coefficient (Wildman–Crippen LogP) is 13.8. The summed E-state index contributed by atoms with van der Waals surface area (Å²) in [6, 6.07) is 49.5. The van der Waals surface area contributed by atoms with E-state index in [0.717, 1.165) is 55.2 Å². The van der Waals surface area contributed by atoms with Gasteiger partial charge in [0.15, 0.2) is 0 Å². The minimum atomic E-state index is 0.0494. The van der Waals surface area contributed by atoms with Crippen LogP contribution < -0.4 is 0 Å². The Kier molecular flexibility index (Phi) is 12.1. The number of nitrogens with zero attached hydrogens (tertiary/aromatic N) is 9. The van der Waals surface area contributed by atoms with E-state index in [1.807, 2.05) is 50.2 Å². The number of fused-ring (bicyclic) bond motifs is 6. The Labute approximate surface area is 372 Å². The average molecular weight is 880 g/mol. The van der Waals surface area contributed by atoms with E-state index in [2.05, 4.69) is 174 Å². The summed E-state index contributed by atoms with van der Waals surface area (Å²) in [5.41, 5.74) is 10.7. The van der Waals surface area contributed by atoms with Crippen molar-refractivity contribution in [3.63, 3.8) is 0 Å². The molecule has 0 bridgehead atoms. The van der Waals surface area contributed by atoms with E-state index >= 15 is 0 Å². The molecule has 8 aromatic rings. The van der Waals surface area contributed by atoms with Gasteiger partial charge in [-0.25, -0.2) is 0 Å². The summed E-state index contributed by atoms with van der Waals surface area (Å²) in [7, 11) is 0. The number of hydrogen-bond acceptors (Lipinski definition) is 4. The number of hydrogen-bond donors (Lipinski definition) is 1. The number of para-hydroxylation sites is 4. The predicted molar refractivity (Wildman–Crippen MR) is 260 cm³/mol. The molecule has 2 aliphatic heterocycles. The van der Waals surface area contributed by atoms with Crippen LogP contribution in [0.4, 0.5) is 0 Å². The number of rotatable bonds is 3. The molecular weight excluding hydrogens is 845 g/mol. The van der Waals surface area contributed by atoms with Crippen molar-refractivity contribution >= 4 is 82.4 Å². The second-order valence-electron chi connectivity index (χ2n) is 14.5. The van der Waals surface area contributed by atoms with Gasteiger partial charge in [-0.1, -0.05) is 115 Å². The van der Waals surface area contributed by atoms with Crippen LogP contribution in [0.1, 0.15) is 37.8 Å². The number of aliphatic imine (C=N–C) groups is 4. The molecule has 0 amide bonds. The molecule has 0 aliphatic carbocycles. The van der Waals surface area contributed by atoms with Crippen LogP contribution in [0.5, 0.6) is 0 Å². The number of H-pyrrole nitrogens is 1. The SMILES string of the molecule is [C-]#[N+]C1=C([N+]#[C-])N=C(c2ccc(-n3c4ccccc4c4ccccc43)cc2)CC(C)=N1.[C-]#[N+]C1=C([N+]#[C-])N=C(c2ccc(Br)cc2)CC(C)=N1.c1ccc2c(c1)[nH]c1ccccc12. The molecule has 0 unspecified atom stereocenters. The number of nitrogens with one attached hydrogen (secondary N) is 1. The number of benzene rings is 6. The summed E-state index contributed by atoms with van der Waals surface area (Å²) < 4.78 is 3.25. The Hall–Kier alpha value is -8.48. The van der Waals surface area contributed by atoms with Crippen molar-refractivity contribution in [2.45, 2.75) is 26.7 Å². The molecule has 10 rings (SSSR count). The standard InChI is InChI=1S/C26H17N5.C14H9BrN4.C12H9N/c1-17-16-22(30-26(28-3)25(27-2)29-17)18-12-14-19(15-13-18)31-23-10-6-4-8-20(23)21-9-5-7-11-24(21)31;1-9-8-12(10-4-6-11(15)7-5-10)19-14(17-3)13(16-2)18-9;1-3-7-11-9(5-1)10-6-2-4-8-12(10)13-11/h4-15H,16H2,1H3;4-7H,8H2,1H3;1-8,13H. The highest BCUT2D eigenvalue weighted by molar-refractivity contribution is 9.10. The first-order valence-corrected chi connectivity index (χ1v) is 20.6. The summed E-state index contributed by atoms with van der Waals surface area (Å²) in [5.74, 6) is 0.238. The van der Waals surface area contributed by atoms with Crippen molar-refractivity contribution in [1.29, 1.82) is 0 Å². The molecule has 63 heavy (non-hydrogen) atoms. The van der Waals surface area contributed by atoms with E-state index in [9.17, 15) is 0 Å². The molecule has 0 spiro atoms. The van der Waals surface area contributed by atoms with Crippen molar-refractivity contribution in [3.8, 4) is 5.69 Å². The van der Waals surface area contributed by atoms with Crippen molar-refractivity contribution < 1.29 is 0 Å². The molecule has 0 radical (unpaired) electrons. The lowest BCUT2D eigenvalue weighted by Crippen LogP contribution is -2.06. The minimum absolute atomic E-state index is 0.0494. The fraction of sp³-hybridized carbons (Fsp3) is 0.0769. The normalized spacial score (nSPS) is 13.7. The average Bonchev–Trinajstić information content (AvgIpc) is 3.74. The quantitative estimate of drug-likeness (QED) is 0.171. The lowest BCUT2D eigenvalue weighted by molar-refractivity contribution is 1.18. The third kappa shape index (κ3) is 8.74. The van der Waals surface area contributed by atoms with Gasteiger partial charge in [-0.05, 0) is 86.6 Å². The van der Waals surface area contributed by atoms with E-state index in [0.29, 0.717) is 12.8 Å². The van der Waals surface area contributed by atoms with Crippen molar-refractivity contribution in [2.24, 2.45) is 20.0 Å². The van der Waals surface area contributed by atoms with Crippen LogP contribution in [0.25, 0.3) is 68.7 Å². The first-order valence-electron chi connectivity index (χ1n) is 19.8. The number of aromatic nitrogens is 2. The zero-order valence-corrected chi connectivity index (χ0v) is 35.8. The maximum atomic E-state index is 7.37. The molecule has 300 valence electrons. The van der Waals surface area contributed by atoms with Crippen LogP contribution in [0, 0.1) is 26.3 Å². The summed E-state index contributed by atoms with van der Waals surface area (Å²) in [6.45, 7) is 32.5. The second-order valence-corrected chi connectivity index (χ2v) is 15.5. The van der Waals surface area contributed by atoms with Crippen molar-refractivity contribution in [1.82, 2.24) is 9.55 Å². The molecule has 6 aromatic carbocycles. The van der Waals surface area contributed by atoms with Crippen LogP contribution in [-0.2, 0) is 0 Å². The molecule has 0 saturated heterocycles. The summed E-state index contributed by atoms with van der Waals surface area (Å²) in [5, 5.41) is 5.05. The van der Waals surface area contributed by atoms with E-state index in [-0.39, 0.29) is 23.3 Å². The van der Waals surface area contributed by atoms with Crippen molar-refractivity contribution in [3.05, 3.63) is 230 Å².